The summed E-state index contributed by atoms with van der Waals surface area (Å²) in [5.74, 6) is 0. The highest BCUT2D eigenvalue weighted by Crippen LogP contribution is 2.34. The fraction of sp³-hybridized carbons (Fsp3) is 0. The number of rotatable bonds is 3. The summed E-state index contributed by atoms with van der Waals surface area (Å²) in [6.07, 6.45) is 11.0. The van der Waals surface area contributed by atoms with Crippen molar-refractivity contribution in [2.24, 2.45) is 0 Å². The molecule has 6 nitrogen and oxygen atoms in total. The summed E-state index contributed by atoms with van der Waals surface area (Å²) in [5, 5.41) is 9.90. The van der Waals surface area contributed by atoms with Crippen molar-refractivity contribution in [1.29, 1.82) is 0 Å². The highest BCUT2D eigenvalue weighted by molar-refractivity contribution is 6.01. The SMILES string of the molecule is c1cncc(-c2cncc3[nH]c(-c4n[nH]c5ccc(-c6ccncc6)cc45)cc23)c1. The first-order valence-electron chi connectivity index (χ1n) is 9.63. The van der Waals surface area contributed by atoms with Crippen molar-refractivity contribution in [2.75, 3.05) is 0 Å². The lowest BCUT2D eigenvalue weighted by molar-refractivity contribution is 1.12. The van der Waals surface area contributed by atoms with E-state index in [1.165, 1.54) is 0 Å². The van der Waals surface area contributed by atoms with Gasteiger partial charge >= 0.3 is 0 Å². The summed E-state index contributed by atoms with van der Waals surface area (Å²) in [5.41, 5.74) is 8.11. The van der Waals surface area contributed by atoms with Crippen LogP contribution in [0.15, 0.2) is 85.7 Å². The van der Waals surface area contributed by atoms with Gasteiger partial charge in [-0.1, -0.05) is 12.1 Å². The van der Waals surface area contributed by atoms with E-state index in [1.807, 2.05) is 42.9 Å². The molecule has 0 unspecified atom stereocenters. The molecule has 0 fully saturated rings. The molecule has 0 spiro atoms. The van der Waals surface area contributed by atoms with Gasteiger partial charge in [0, 0.05) is 52.9 Å². The quantitative estimate of drug-likeness (QED) is 0.435. The Morgan fingerprint density at radius 2 is 1.57 bits per heavy atom. The van der Waals surface area contributed by atoms with Gasteiger partial charge in [-0.25, -0.2) is 0 Å². The third kappa shape index (κ3) is 2.66. The number of benzene rings is 1. The number of pyridine rings is 3. The average Bonchev–Trinajstić information content (AvgIpc) is 3.43. The van der Waals surface area contributed by atoms with Gasteiger partial charge in [-0.2, -0.15) is 5.10 Å². The minimum Gasteiger partial charge on any atom is -0.352 e. The zero-order valence-electron chi connectivity index (χ0n) is 15.9. The van der Waals surface area contributed by atoms with Crippen LogP contribution in [0, 0.1) is 0 Å². The largest absolute Gasteiger partial charge is 0.352 e. The van der Waals surface area contributed by atoms with Crippen molar-refractivity contribution < 1.29 is 0 Å². The molecule has 30 heavy (non-hydrogen) atoms. The molecule has 0 aliphatic carbocycles. The number of fused-ring (bicyclic) bond motifs is 2. The number of aromatic nitrogens is 6. The summed E-state index contributed by atoms with van der Waals surface area (Å²) >= 11 is 0. The van der Waals surface area contributed by atoms with Crippen LogP contribution in [0.5, 0.6) is 0 Å². The first kappa shape index (κ1) is 16.6. The lowest BCUT2D eigenvalue weighted by atomic mass is 10.0. The van der Waals surface area contributed by atoms with Crippen molar-refractivity contribution in [1.82, 2.24) is 30.1 Å². The Kier molecular flexibility index (Phi) is 3.67. The van der Waals surface area contributed by atoms with E-state index in [-0.39, 0.29) is 0 Å². The van der Waals surface area contributed by atoms with E-state index in [4.69, 9.17) is 0 Å². The maximum atomic E-state index is 4.60. The molecule has 2 N–H and O–H groups in total. The second kappa shape index (κ2) is 6.63. The van der Waals surface area contributed by atoms with Crippen molar-refractivity contribution in [2.45, 2.75) is 0 Å². The third-order valence-corrected chi connectivity index (χ3v) is 5.35. The molecule has 142 valence electrons. The van der Waals surface area contributed by atoms with Crippen LogP contribution in [-0.2, 0) is 0 Å². The van der Waals surface area contributed by atoms with E-state index in [9.17, 15) is 0 Å². The van der Waals surface area contributed by atoms with Gasteiger partial charge in [-0.15, -0.1) is 0 Å². The molecule has 0 atom stereocenters. The summed E-state index contributed by atoms with van der Waals surface area (Å²) in [6, 6.07) is 16.4. The number of nitrogens with zero attached hydrogens (tertiary/aromatic N) is 4. The van der Waals surface area contributed by atoms with E-state index < -0.39 is 0 Å². The molecule has 0 amide bonds. The first-order valence-corrected chi connectivity index (χ1v) is 9.63. The van der Waals surface area contributed by atoms with Gasteiger partial charge in [0.1, 0.15) is 5.69 Å². The van der Waals surface area contributed by atoms with Crippen LogP contribution in [0.4, 0.5) is 0 Å². The van der Waals surface area contributed by atoms with Crippen LogP contribution in [0.2, 0.25) is 0 Å². The molecule has 6 aromatic rings. The maximum Gasteiger partial charge on any atom is 0.116 e. The van der Waals surface area contributed by atoms with Gasteiger partial charge in [-0.3, -0.25) is 20.1 Å². The van der Waals surface area contributed by atoms with Crippen LogP contribution >= 0.6 is 0 Å². The van der Waals surface area contributed by atoms with Crippen molar-refractivity contribution in [3.05, 3.63) is 85.7 Å². The third-order valence-electron chi connectivity index (χ3n) is 5.35. The molecule has 5 heterocycles. The molecule has 0 aliphatic heterocycles. The molecule has 0 saturated heterocycles. The number of nitrogens with one attached hydrogen (secondary N) is 2. The molecule has 0 aliphatic rings. The Morgan fingerprint density at radius 1 is 0.633 bits per heavy atom. The molecule has 5 aromatic heterocycles. The minimum absolute atomic E-state index is 0.884. The predicted molar refractivity (Wildman–Crippen MR) is 118 cm³/mol. The molecule has 0 saturated carbocycles. The van der Waals surface area contributed by atoms with Crippen molar-refractivity contribution in [3.8, 4) is 33.6 Å². The van der Waals surface area contributed by atoms with E-state index in [2.05, 4.69) is 54.4 Å². The Balaban J connectivity index is 1.52. The zero-order valence-corrected chi connectivity index (χ0v) is 15.9. The Labute approximate surface area is 171 Å². The monoisotopic (exact) mass is 388 g/mol. The highest BCUT2D eigenvalue weighted by Gasteiger charge is 2.14. The second-order valence-electron chi connectivity index (χ2n) is 7.14. The topological polar surface area (TPSA) is 83.1 Å². The van der Waals surface area contributed by atoms with Crippen LogP contribution < -0.4 is 0 Å². The predicted octanol–water partition coefficient (Wildman–Crippen LogP) is 5.23. The molecule has 0 bridgehead atoms. The lowest BCUT2D eigenvalue weighted by Crippen LogP contribution is -1.82. The molecule has 0 radical (unpaired) electrons. The van der Waals surface area contributed by atoms with Gasteiger partial charge in [0.25, 0.3) is 0 Å². The summed E-state index contributed by atoms with van der Waals surface area (Å²) in [4.78, 5) is 16.2. The van der Waals surface area contributed by atoms with E-state index in [1.54, 1.807) is 18.6 Å². The first-order chi connectivity index (χ1) is 14.9. The number of H-pyrrole nitrogens is 2. The van der Waals surface area contributed by atoms with E-state index >= 15 is 0 Å². The Bertz CT molecular complexity index is 1480. The number of aromatic amines is 2. The van der Waals surface area contributed by atoms with E-state index in [0.717, 1.165) is 55.4 Å². The van der Waals surface area contributed by atoms with Gasteiger partial charge in [0.15, 0.2) is 0 Å². The van der Waals surface area contributed by atoms with Gasteiger partial charge in [0.2, 0.25) is 0 Å². The summed E-state index contributed by atoms with van der Waals surface area (Å²) < 4.78 is 0. The highest BCUT2D eigenvalue weighted by atomic mass is 15.1. The molecular formula is C24H16N6. The van der Waals surface area contributed by atoms with Crippen LogP contribution in [0.1, 0.15) is 0 Å². The Hall–Kier alpha value is -4.32. The smallest absolute Gasteiger partial charge is 0.116 e. The molecular weight excluding hydrogens is 372 g/mol. The molecule has 6 heteroatoms. The summed E-state index contributed by atoms with van der Waals surface area (Å²) in [7, 11) is 0. The standard InChI is InChI=1S/C24H16N6/c1-2-17(12-26-7-1)20-13-27-14-23-18(20)11-22(28-23)24-19-10-16(3-4-21(19)29-30-24)15-5-8-25-9-6-15/h1-14,28H,(H,29,30). The Morgan fingerprint density at radius 3 is 2.43 bits per heavy atom. The van der Waals surface area contributed by atoms with Gasteiger partial charge < -0.3 is 4.98 Å². The maximum absolute atomic E-state index is 4.60. The van der Waals surface area contributed by atoms with Gasteiger partial charge in [-0.05, 0) is 47.5 Å². The fourth-order valence-corrected chi connectivity index (χ4v) is 3.87. The zero-order chi connectivity index (χ0) is 19.9. The normalized spacial score (nSPS) is 11.3. The average molecular weight is 388 g/mol. The minimum atomic E-state index is 0.884. The van der Waals surface area contributed by atoms with Crippen molar-refractivity contribution in [3.63, 3.8) is 0 Å². The fourth-order valence-electron chi connectivity index (χ4n) is 3.87. The van der Waals surface area contributed by atoms with Gasteiger partial charge in [0.05, 0.1) is 22.9 Å². The molecule has 6 rings (SSSR count). The second-order valence-corrected chi connectivity index (χ2v) is 7.14. The summed E-state index contributed by atoms with van der Waals surface area (Å²) in [6.45, 7) is 0. The number of hydrogen-bond donors (Lipinski definition) is 2. The van der Waals surface area contributed by atoms with Crippen LogP contribution in [0.25, 0.3) is 55.4 Å². The van der Waals surface area contributed by atoms with Crippen LogP contribution in [-0.4, -0.2) is 30.1 Å². The lowest BCUT2D eigenvalue weighted by Gasteiger charge is -2.02. The van der Waals surface area contributed by atoms with Crippen molar-refractivity contribution >= 4 is 21.8 Å². The van der Waals surface area contributed by atoms with E-state index in [0.29, 0.717) is 0 Å². The number of hydrogen-bond acceptors (Lipinski definition) is 4. The van der Waals surface area contributed by atoms with Crippen LogP contribution in [0.3, 0.4) is 0 Å². The molecule has 1 aromatic carbocycles.